The van der Waals surface area contributed by atoms with E-state index in [2.05, 4.69) is 13.8 Å². The molecule has 13 heavy (non-hydrogen) atoms. The van der Waals surface area contributed by atoms with Crippen LogP contribution in [-0.2, 0) is 4.74 Å². The Balaban J connectivity index is 2.08. The normalized spacial score (nSPS) is 50.5. The van der Waals surface area contributed by atoms with Crippen molar-refractivity contribution in [2.75, 3.05) is 13.2 Å². The first-order valence-corrected chi connectivity index (χ1v) is 5.40. The fourth-order valence-corrected chi connectivity index (χ4v) is 3.58. The number of fused-ring (bicyclic) bond motifs is 4. The Labute approximate surface area is 80.8 Å². The average molecular weight is 183 g/mol. The number of hydrogen-bond acceptors (Lipinski definition) is 2. The van der Waals surface area contributed by atoms with E-state index in [1.807, 2.05) is 0 Å². The Morgan fingerprint density at radius 3 is 2.69 bits per heavy atom. The molecule has 2 aliphatic heterocycles. The molecule has 1 unspecified atom stereocenters. The lowest BCUT2D eigenvalue weighted by Gasteiger charge is -2.58. The lowest BCUT2D eigenvalue weighted by molar-refractivity contribution is -0.150. The standard InChI is InChI=1S/C11H21NO/c1-10-4-3-5-13-9(6-12)11(2,7-10)8-10/h9H,3-8,12H2,1-2H3. The minimum Gasteiger partial charge on any atom is -0.376 e. The quantitative estimate of drug-likeness (QED) is 0.674. The molecule has 2 heteroatoms. The van der Waals surface area contributed by atoms with E-state index in [-0.39, 0.29) is 0 Å². The number of hydrogen-bond donors (Lipinski definition) is 1. The van der Waals surface area contributed by atoms with Gasteiger partial charge in [0.05, 0.1) is 6.10 Å². The van der Waals surface area contributed by atoms with Crippen LogP contribution in [0.4, 0.5) is 0 Å². The summed E-state index contributed by atoms with van der Waals surface area (Å²) < 4.78 is 5.81. The monoisotopic (exact) mass is 183 g/mol. The summed E-state index contributed by atoms with van der Waals surface area (Å²) in [5.74, 6) is 0. The summed E-state index contributed by atoms with van der Waals surface area (Å²) in [6.07, 6.45) is 5.47. The predicted molar refractivity (Wildman–Crippen MR) is 53.5 cm³/mol. The molecule has 0 aromatic carbocycles. The molecule has 2 nitrogen and oxygen atoms in total. The van der Waals surface area contributed by atoms with Crippen LogP contribution in [0.5, 0.6) is 0 Å². The first-order chi connectivity index (χ1) is 6.08. The smallest absolute Gasteiger partial charge is 0.0751 e. The van der Waals surface area contributed by atoms with Gasteiger partial charge in [-0.2, -0.15) is 0 Å². The number of rotatable bonds is 1. The fraction of sp³-hybridized carbons (Fsp3) is 1.00. The minimum absolute atomic E-state index is 0.306. The molecule has 3 fully saturated rings. The molecule has 2 saturated heterocycles. The summed E-state index contributed by atoms with van der Waals surface area (Å²) in [5.41, 5.74) is 6.72. The van der Waals surface area contributed by atoms with Gasteiger partial charge in [-0.15, -0.1) is 0 Å². The lowest BCUT2D eigenvalue weighted by Crippen LogP contribution is -2.54. The summed E-state index contributed by atoms with van der Waals surface area (Å²) in [6.45, 7) is 6.34. The molecule has 0 amide bonds. The van der Waals surface area contributed by atoms with Gasteiger partial charge in [-0.05, 0) is 36.5 Å². The zero-order valence-corrected chi connectivity index (χ0v) is 8.81. The van der Waals surface area contributed by atoms with Gasteiger partial charge in [0.2, 0.25) is 0 Å². The topological polar surface area (TPSA) is 35.2 Å². The Morgan fingerprint density at radius 1 is 1.38 bits per heavy atom. The van der Waals surface area contributed by atoms with Crippen molar-refractivity contribution in [1.82, 2.24) is 0 Å². The maximum absolute atomic E-state index is 5.81. The molecule has 1 aliphatic carbocycles. The first kappa shape index (κ1) is 9.47. The van der Waals surface area contributed by atoms with Crippen LogP contribution in [0.15, 0.2) is 0 Å². The Kier molecular flexibility index (Phi) is 2.16. The van der Waals surface area contributed by atoms with Gasteiger partial charge < -0.3 is 10.5 Å². The maximum atomic E-state index is 5.81. The van der Waals surface area contributed by atoms with Crippen molar-refractivity contribution in [3.8, 4) is 0 Å². The molecule has 3 aliphatic rings. The Bertz CT molecular complexity index is 196. The van der Waals surface area contributed by atoms with E-state index < -0.39 is 0 Å². The Hall–Kier alpha value is -0.0800. The number of nitrogens with two attached hydrogens (primary N) is 1. The van der Waals surface area contributed by atoms with Crippen LogP contribution < -0.4 is 5.73 Å². The van der Waals surface area contributed by atoms with Crippen molar-refractivity contribution in [3.05, 3.63) is 0 Å². The van der Waals surface area contributed by atoms with Crippen molar-refractivity contribution < 1.29 is 4.74 Å². The van der Waals surface area contributed by atoms with Gasteiger partial charge in [0.15, 0.2) is 0 Å². The van der Waals surface area contributed by atoms with Crippen LogP contribution in [0, 0.1) is 10.8 Å². The van der Waals surface area contributed by atoms with E-state index in [4.69, 9.17) is 10.5 Å². The third-order valence-corrected chi connectivity index (χ3v) is 3.90. The first-order valence-electron chi connectivity index (χ1n) is 5.40. The molecule has 0 radical (unpaired) electrons. The highest BCUT2D eigenvalue weighted by molar-refractivity contribution is 5.03. The molecule has 76 valence electrons. The molecule has 1 atom stereocenters. The van der Waals surface area contributed by atoms with Crippen LogP contribution in [0.3, 0.4) is 0 Å². The van der Waals surface area contributed by atoms with E-state index in [0.29, 0.717) is 23.5 Å². The van der Waals surface area contributed by atoms with Crippen LogP contribution in [0.2, 0.25) is 0 Å². The van der Waals surface area contributed by atoms with Crippen molar-refractivity contribution >= 4 is 0 Å². The van der Waals surface area contributed by atoms with Gasteiger partial charge in [-0.25, -0.2) is 0 Å². The van der Waals surface area contributed by atoms with Crippen LogP contribution in [-0.4, -0.2) is 19.3 Å². The van der Waals surface area contributed by atoms with E-state index in [9.17, 15) is 0 Å². The molecular formula is C11H21NO. The summed E-state index contributed by atoms with van der Waals surface area (Å²) in [6, 6.07) is 0. The van der Waals surface area contributed by atoms with E-state index in [1.165, 1.54) is 25.7 Å². The SMILES string of the molecule is CC12CCCOC(CN)C(C)(C1)C2. The molecule has 0 aromatic heterocycles. The molecular weight excluding hydrogens is 162 g/mol. The molecule has 0 spiro atoms. The molecule has 2 heterocycles. The zero-order chi connectivity index (χ0) is 9.53. The minimum atomic E-state index is 0.306. The van der Waals surface area contributed by atoms with Gasteiger partial charge in [0, 0.05) is 13.2 Å². The second-order valence-corrected chi connectivity index (χ2v) is 5.52. The van der Waals surface area contributed by atoms with Gasteiger partial charge in [0.1, 0.15) is 0 Å². The zero-order valence-electron chi connectivity index (χ0n) is 8.81. The van der Waals surface area contributed by atoms with E-state index >= 15 is 0 Å². The highest BCUT2D eigenvalue weighted by Gasteiger charge is 2.53. The molecule has 1 saturated carbocycles. The average Bonchev–Trinajstić information content (AvgIpc) is 1.98. The van der Waals surface area contributed by atoms with Gasteiger partial charge >= 0.3 is 0 Å². The van der Waals surface area contributed by atoms with Crippen molar-refractivity contribution in [2.24, 2.45) is 16.6 Å². The van der Waals surface area contributed by atoms with Gasteiger partial charge in [-0.1, -0.05) is 13.8 Å². The molecule has 2 bridgehead atoms. The third-order valence-electron chi connectivity index (χ3n) is 3.90. The van der Waals surface area contributed by atoms with Gasteiger partial charge in [-0.3, -0.25) is 0 Å². The second kappa shape index (κ2) is 2.96. The molecule has 3 rings (SSSR count). The van der Waals surface area contributed by atoms with Crippen molar-refractivity contribution in [3.63, 3.8) is 0 Å². The van der Waals surface area contributed by atoms with Gasteiger partial charge in [0.25, 0.3) is 0 Å². The highest BCUT2D eigenvalue weighted by atomic mass is 16.5. The van der Waals surface area contributed by atoms with Crippen LogP contribution in [0.1, 0.15) is 39.5 Å². The summed E-state index contributed by atoms with van der Waals surface area (Å²) in [7, 11) is 0. The van der Waals surface area contributed by atoms with Crippen LogP contribution >= 0.6 is 0 Å². The van der Waals surface area contributed by atoms with Crippen LogP contribution in [0.25, 0.3) is 0 Å². The van der Waals surface area contributed by atoms with E-state index in [1.54, 1.807) is 0 Å². The highest BCUT2D eigenvalue weighted by Crippen LogP contribution is 2.59. The lowest BCUT2D eigenvalue weighted by atomic mass is 9.50. The summed E-state index contributed by atoms with van der Waals surface area (Å²) in [5, 5.41) is 0. The number of ether oxygens (including phenoxy) is 1. The Morgan fingerprint density at radius 2 is 2.08 bits per heavy atom. The maximum Gasteiger partial charge on any atom is 0.0751 e. The summed E-state index contributed by atoms with van der Waals surface area (Å²) >= 11 is 0. The molecule has 0 aromatic rings. The fourth-order valence-electron chi connectivity index (χ4n) is 3.58. The van der Waals surface area contributed by atoms with E-state index in [0.717, 1.165) is 6.61 Å². The summed E-state index contributed by atoms with van der Waals surface area (Å²) in [4.78, 5) is 0. The third kappa shape index (κ3) is 1.50. The predicted octanol–water partition coefficient (Wildman–Crippen LogP) is 1.93. The van der Waals surface area contributed by atoms with Crippen molar-refractivity contribution in [1.29, 1.82) is 0 Å². The largest absolute Gasteiger partial charge is 0.376 e. The second-order valence-electron chi connectivity index (χ2n) is 5.52. The molecule has 2 N–H and O–H groups in total. The van der Waals surface area contributed by atoms with Crippen molar-refractivity contribution in [2.45, 2.75) is 45.6 Å².